The number of aliphatic imine (C=N–C) groups is 1. The van der Waals surface area contributed by atoms with Crippen molar-refractivity contribution in [1.29, 1.82) is 0 Å². The Morgan fingerprint density at radius 2 is 1.28 bits per heavy atom. The third kappa shape index (κ3) is 3.38. The summed E-state index contributed by atoms with van der Waals surface area (Å²) >= 11 is -0.179. The van der Waals surface area contributed by atoms with Crippen molar-refractivity contribution in [2.24, 2.45) is 4.99 Å². The molecule has 0 spiro atoms. The van der Waals surface area contributed by atoms with E-state index in [4.69, 9.17) is 9.73 Å². The molecule has 4 aromatic carbocycles. The van der Waals surface area contributed by atoms with E-state index in [-0.39, 0.29) is 20.7 Å². The van der Waals surface area contributed by atoms with Crippen molar-refractivity contribution in [3.8, 4) is 5.75 Å². The zero-order valence-electron chi connectivity index (χ0n) is 17.6. The van der Waals surface area contributed by atoms with Gasteiger partial charge in [0, 0.05) is 0 Å². The monoisotopic (exact) mass is 483 g/mol. The Labute approximate surface area is 194 Å². The molecule has 32 heavy (non-hydrogen) atoms. The maximum atomic E-state index is 14.3. The standard InChI is InChI=1S/C28H21NO2Se/c1-31-22-16-18-23(19-17-22)32-27-28(20-10-4-2-5-11-20,21-12-6-3-7-13-21)26(30)24-14-8-9-15-25(24)29-27/h2-19H,1H3. The second-order valence-corrected chi connectivity index (χ2v) is 9.75. The summed E-state index contributed by atoms with van der Waals surface area (Å²) < 4.78 is 7.35. The van der Waals surface area contributed by atoms with Crippen LogP contribution in [0.25, 0.3) is 0 Å². The van der Waals surface area contributed by atoms with E-state index in [1.807, 2.05) is 97.1 Å². The first kappa shape index (κ1) is 20.4. The number of ether oxygens (including phenoxy) is 1. The summed E-state index contributed by atoms with van der Waals surface area (Å²) in [6.45, 7) is 0. The minimum absolute atomic E-state index is 0.0749. The Morgan fingerprint density at radius 3 is 1.88 bits per heavy atom. The normalized spacial score (nSPS) is 14.4. The molecule has 0 fully saturated rings. The average Bonchev–Trinajstić information content (AvgIpc) is 2.86. The molecule has 4 heteroatoms. The van der Waals surface area contributed by atoms with Crippen molar-refractivity contribution in [2.75, 3.05) is 7.11 Å². The van der Waals surface area contributed by atoms with Crippen LogP contribution < -0.4 is 9.20 Å². The number of nitrogens with zero attached hydrogens (tertiary/aromatic N) is 1. The van der Waals surface area contributed by atoms with Crippen molar-refractivity contribution in [1.82, 2.24) is 0 Å². The van der Waals surface area contributed by atoms with Gasteiger partial charge in [0.1, 0.15) is 0 Å². The van der Waals surface area contributed by atoms with Crippen LogP contribution in [0.15, 0.2) is 114 Å². The van der Waals surface area contributed by atoms with Crippen LogP contribution in [0, 0.1) is 0 Å². The zero-order valence-corrected chi connectivity index (χ0v) is 19.3. The van der Waals surface area contributed by atoms with Gasteiger partial charge in [0.15, 0.2) is 0 Å². The predicted octanol–water partition coefficient (Wildman–Crippen LogP) is 4.94. The van der Waals surface area contributed by atoms with E-state index >= 15 is 0 Å². The Balaban J connectivity index is 1.78. The van der Waals surface area contributed by atoms with Gasteiger partial charge in [-0.3, -0.25) is 0 Å². The van der Waals surface area contributed by atoms with Crippen LogP contribution in [0.5, 0.6) is 5.75 Å². The minimum atomic E-state index is -0.962. The fourth-order valence-corrected chi connectivity index (χ4v) is 6.51. The molecular formula is C28H21NO2Se. The summed E-state index contributed by atoms with van der Waals surface area (Å²) in [7, 11) is 1.66. The molecule has 0 amide bonds. The Hall–Kier alpha value is -3.46. The molecule has 0 atom stereocenters. The number of methoxy groups -OCH3 is 1. The number of rotatable bonds is 5. The van der Waals surface area contributed by atoms with Crippen molar-refractivity contribution in [3.63, 3.8) is 0 Å². The molecule has 1 aliphatic rings. The molecule has 0 saturated heterocycles. The number of benzene rings is 4. The average molecular weight is 482 g/mol. The van der Waals surface area contributed by atoms with E-state index in [0.717, 1.165) is 31.6 Å². The first-order valence-electron chi connectivity index (χ1n) is 10.4. The van der Waals surface area contributed by atoms with Gasteiger partial charge in [-0.25, -0.2) is 0 Å². The summed E-state index contributed by atoms with van der Waals surface area (Å²) in [4.78, 5) is 19.5. The van der Waals surface area contributed by atoms with Gasteiger partial charge < -0.3 is 0 Å². The SMILES string of the molecule is COc1ccc([Se]C2=Nc3ccccc3C(=O)C2(c2ccccc2)c2ccccc2)cc1. The van der Waals surface area contributed by atoms with Crippen LogP contribution in [0.2, 0.25) is 0 Å². The zero-order chi connectivity index (χ0) is 22.0. The van der Waals surface area contributed by atoms with Gasteiger partial charge in [0.05, 0.1) is 0 Å². The number of Topliss-reactive ketones (excluding diaryl/α,β-unsaturated/α-hetero) is 1. The number of para-hydroxylation sites is 1. The van der Waals surface area contributed by atoms with Gasteiger partial charge in [0.25, 0.3) is 0 Å². The Kier molecular flexibility index (Phi) is 5.48. The number of hydrogen-bond acceptors (Lipinski definition) is 3. The number of hydrogen-bond donors (Lipinski definition) is 0. The first-order chi connectivity index (χ1) is 15.7. The van der Waals surface area contributed by atoms with Crippen molar-refractivity contribution in [2.45, 2.75) is 5.41 Å². The molecule has 5 rings (SSSR count). The predicted molar refractivity (Wildman–Crippen MR) is 130 cm³/mol. The number of carbonyl (C=O) groups is 1. The fourth-order valence-electron chi connectivity index (χ4n) is 4.16. The third-order valence-electron chi connectivity index (χ3n) is 5.72. The van der Waals surface area contributed by atoms with Crippen molar-refractivity contribution < 1.29 is 9.53 Å². The van der Waals surface area contributed by atoms with E-state index in [1.165, 1.54) is 0 Å². The molecule has 0 N–H and O–H groups in total. The van der Waals surface area contributed by atoms with Gasteiger partial charge in [-0.2, -0.15) is 0 Å². The van der Waals surface area contributed by atoms with Gasteiger partial charge >= 0.3 is 194 Å². The molecule has 0 saturated carbocycles. The van der Waals surface area contributed by atoms with Gasteiger partial charge in [-0.1, -0.05) is 0 Å². The van der Waals surface area contributed by atoms with E-state index in [9.17, 15) is 4.79 Å². The fraction of sp³-hybridized carbons (Fsp3) is 0.0714. The van der Waals surface area contributed by atoms with Crippen molar-refractivity contribution in [3.05, 3.63) is 126 Å². The number of carbonyl (C=O) groups excluding carboxylic acids is 1. The Morgan fingerprint density at radius 1 is 0.719 bits per heavy atom. The second-order valence-electron chi connectivity index (χ2n) is 7.52. The quantitative estimate of drug-likeness (QED) is 0.378. The van der Waals surface area contributed by atoms with Gasteiger partial charge in [-0.05, 0) is 0 Å². The van der Waals surface area contributed by atoms with Crippen LogP contribution in [-0.4, -0.2) is 32.5 Å². The maximum absolute atomic E-state index is 14.3. The van der Waals surface area contributed by atoms with E-state index in [0.29, 0.717) is 5.56 Å². The van der Waals surface area contributed by atoms with Gasteiger partial charge in [0.2, 0.25) is 0 Å². The number of fused-ring (bicyclic) bond motifs is 1. The molecule has 3 nitrogen and oxygen atoms in total. The summed E-state index contributed by atoms with van der Waals surface area (Å²) in [6.07, 6.45) is 0. The molecular weight excluding hydrogens is 461 g/mol. The second kappa shape index (κ2) is 8.58. The summed E-state index contributed by atoms with van der Waals surface area (Å²) in [5.74, 6) is 0.889. The van der Waals surface area contributed by atoms with Crippen LogP contribution in [0.4, 0.5) is 5.69 Å². The summed E-state index contributed by atoms with van der Waals surface area (Å²) in [5.41, 5.74) is 2.33. The summed E-state index contributed by atoms with van der Waals surface area (Å²) in [6, 6.07) is 35.8. The van der Waals surface area contributed by atoms with Crippen LogP contribution in [-0.2, 0) is 5.41 Å². The van der Waals surface area contributed by atoms with E-state index in [2.05, 4.69) is 12.1 Å². The molecule has 0 aliphatic carbocycles. The third-order valence-corrected chi connectivity index (χ3v) is 8.02. The molecule has 0 unspecified atom stereocenters. The van der Waals surface area contributed by atoms with Gasteiger partial charge in [-0.15, -0.1) is 0 Å². The van der Waals surface area contributed by atoms with E-state index in [1.54, 1.807) is 7.11 Å². The molecule has 0 bridgehead atoms. The topological polar surface area (TPSA) is 38.7 Å². The van der Waals surface area contributed by atoms with Crippen LogP contribution >= 0.6 is 0 Å². The summed E-state index contributed by atoms with van der Waals surface area (Å²) in [5, 5.41) is 0. The molecule has 4 aromatic rings. The molecule has 0 radical (unpaired) electrons. The molecule has 156 valence electrons. The molecule has 1 aliphatic heterocycles. The molecule has 1 heterocycles. The first-order valence-corrected chi connectivity index (χ1v) is 12.1. The Bertz CT molecular complexity index is 1240. The van der Waals surface area contributed by atoms with Crippen LogP contribution in [0.1, 0.15) is 21.5 Å². The van der Waals surface area contributed by atoms with E-state index < -0.39 is 5.41 Å². The van der Waals surface area contributed by atoms with Crippen LogP contribution in [0.3, 0.4) is 0 Å². The number of ketones is 1. The van der Waals surface area contributed by atoms with Crippen molar-refractivity contribution >= 4 is 35.5 Å². The molecule has 0 aromatic heterocycles.